The Morgan fingerprint density at radius 1 is 1.39 bits per heavy atom. The van der Waals surface area contributed by atoms with Crippen molar-refractivity contribution in [3.05, 3.63) is 29.6 Å². The van der Waals surface area contributed by atoms with Crippen LogP contribution in [0.2, 0.25) is 0 Å². The molecule has 1 aromatic carbocycles. The standard InChI is InChI=1S/C14H18N4/c1-4-16-12(7-15)8-18-9-17-13-5-10(2)11(3)6-14(13)18/h5-6,9,12,16H,4,8H2,1-3H3. The van der Waals surface area contributed by atoms with Crippen molar-refractivity contribution < 1.29 is 0 Å². The van der Waals surface area contributed by atoms with Crippen molar-refractivity contribution in [1.29, 1.82) is 5.26 Å². The summed E-state index contributed by atoms with van der Waals surface area (Å²) >= 11 is 0. The van der Waals surface area contributed by atoms with Crippen molar-refractivity contribution in [3.8, 4) is 6.07 Å². The third-order valence-corrected chi connectivity index (χ3v) is 3.22. The maximum absolute atomic E-state index is 9.08. The molecule has 1 N–H and O–H groups in total. The van der Waals surface area contributed by atoms with E-state index in [4.69, 9.17) is 5.26 Å². The number of imidazole rings is 1. The van der Waals surface area contributed by atoms with Gasteiger partial charge in [0, 0.05) is 0 Å². The van der Waals surface area contributed by atoms with Crippen molar-refractivity contribution in [2.24, 2.45) is 0 Å². The van der Waals surface area contributed by atoms with Crippen LogP contribution in [-0.2, 0) is 6.54 Å². The number of hydrogen-bond donors (Lipinski definition) is 1. The van der Waals surface area contributed by atoms with Crippen LogP contribution in [0.25, 0.3) is 11.0 Å². The van der Waals surface area contributed by atoms with E-state index < -0.39 is 0 Å². The molecular formula is C14H18N4. The van der Waals surface area contributed by atoms with Gasteiger partial charge in [0.25, 0.3) is 0 Å². The molecular weight excluding hydrogens is 224 g/mol. The van der Waals surface area contributed by atoms with Crippen molar-refractivity contribution >= 4 is 11.0 Å². The lowest BCUT2D eigenvalue weighted by Gasteiger charge is -2.11. The zero-order valence-electron chi connectivity index (χ0n) is 11.1. The molecule has 4 nitrogen and oxygen atoms in total. The Kier molecular flexibility index (Phi) is 3.63. The number of aromatic nitrogens is 2. The smallest absolute Gasteiger partial charge is 0.113 e. The number of nitrogens with zero attached hydrogens (tertiary/aromatic N) is 3. The average Bonchev–Trinajstić information content (AvgIpc) is 2.72. The van der Waals surface area contributed by atoms with Crippen molar-refractivity contribution in [1.82, 2.24) is 14.9 Å². The Labute approximate surface area is 107 Å². The summed E-state index contributed by atoms with van der Waals surface area (Å²) in [7, 11) is 0. The van der Waals surface area contributed by atoms with Crippen LogP contribution in [0.4, 0.5) is 0 Å². The highest BCUT2D eigenvalue weighted by molar-refractivity contribution is 5.77. The SMILES string of the molecule is CCNC(C#N)Cn1cnc2cc(C)c(C)cc21. The fraction of sp³-hybridized carbons (Fsp3) is 0.429. The van der Waals surface area contributed by atoms with Crippen LogP contribution in [0.15, 0.2) is 18.5 Å². The highest BCUT2D eigenvalue weighted by Crippen LogP contribution is 2.18. The maximum Gasteiger partial charge on any atom is 0.113 e. The van der Waals surface area contributed by atoms with E-state index in [0.29, 0.717) is 6.54 Å². The molecule has 0 aliphatic heterocycles. The fourth-order valence-corrected chi connectivity index (χ4v) is 2.05. The van der Waals surface area contributed by atoms with Gasteiger partial charge in [0.1, 0.15) is 6.04 Å². The molecule has 1 heterocycles. The van der Waals surface area contributed by atoms with E-state index in [2.05, 4.69) is 42.4 Å². The predicted octanol–water partition coefficient (Wildman–Crippen LogP) is 2.15. The lowest BCUT2D eigenvalue weighted by atomic mass is 10.1. The summed E-state index contributed by atoms with van der Waals surface area (Å²) in [5.74, 6) is 0. The van der Waals surface area contributed by atoms with Gasteiger partial charge in [-0.05, 0) is 43.7 Å². The second kappa shape index (κ2) is 5.19. The molecule has 1 unspecified atom stereocenters. The largest absolute Gasteiger partial charge is 0.328 e. The summed E-state index contributed by atoms with van der Waals surface area (Å²) in [4.78, 5) is 4.39. The highest BCUT2D eigenvalue weighted by Gasteiger charge is 2.10. The van der Waals surface area contributed by atoms with Gasteiger partial charge in [0.15, 0.2) is 0 Å². The van der Waals surface area contributed by atoms with E-state index >= 15 is 0 Å². The van der Waals surface area contributed by atoms with E-state index in [9.17, 15) is 0 Å². The van der Waals surface area contributed by atoms with E-state index in [0.717, 1.165) is 17.6 Å². The maximum atomic E-state index is 9.08. The molecule has 4 heteroatoms. The molecule has 1 atom stereocenters. The number of fused-ring (bicyclic) bond motifs is 1. The Morgan fingerprint density at radius 3 is 2.78 bits per heavy atom. The minimum Gasteiger partial charge on any atom is -0.328 e. The number of rotatable bonds is 4. The second-order valence-corrected chi connectivity index (χ2v) is 4.56. The van der Waals surface area contributed by atoms with E-state index in [1.165, 1.54) is 11.1 Å². The van der Waals surface area contributed by atoms with Crippen LogP contribution in [0.5, 0.6) is 0 Å². The third-order valence-electron chi connectivity index (χ3n) is 3.22. The van der Waals surface area contributed by atoms with Gasteiger partial charge in [-0.1, -0.05) is 6.92 Å². The quantitative estimate of drug-likeness (QED) is 0.893. The number of likely N-dealkylation sites (N-methyl/N-ethyl adjacent to an activating group) is 1. The van der Waals surface area contributed by atoms with Crippen molar-refractivity contribution in [2.45, 2.75) is 33.4 Å². The molecule has 94 valence electrons. The van der Waals surface area contributed by atoms with Gasteiger partial charge in [-0.15, -0.1) is 0 Å². The first-order valence-corrected chi connectivity index (χ1v) is 6.20. The van der Waals surface area contributed by atoms with Gasteiger partial charge >= 0.3 is 0 Å². The van der Waals surface area contributed by atoms with Gasteiger partial charge in [-0.3, -0.25) is 0 Å². The van der Waals surface area contributed by atoms with Crippen LogP contribution in [0, 0.1) is 25.2 Å². The van der Waals surface area contributed by atoms with Crippen molar-refractivity contribution in [3.63, 3.8) is 0 Å². The molecule has 18 heavy (non-hydrogen) atoms. The lowest BCUT2D eigenvalue weighted by molar-refractivity contribution is 0.543. The van der Waals surface area contributed by atoms with Crippen LogP contribution in [0.3, 0.4) is 0 Å². The average molecular weight is 242 g/mol. The molecule has 0 bridgehead atoms. The van der Waals surface area contributed by atoms with E-state index in [1.54, 1.807) is 0 Å². The minimum atomic E-state index is -0.172. The molecule has 0 saturated heterocycles. The summed E-state index contributed by atoms with van der Waals surface area (Å²) in [6.45, 7) is 7.61. The molecule has 1 aromatic heterocycles. The van der Waals surface area contributed by atoms with Crippen LogP contribution in [0.1, 0.15) is 18.1 Å². The molecule has 2 aromatic rings. The zero-order chi connectivity index (χ0) is 13.1. The summed E-state index contributed by atoms with van der Waals surface area (Å²) in [5, 5.41) is 12.2. The summed E-state index contributed by atoms with van der Waals surface area (Å²) < 4.78 is 2.04. The summed E-state index contributed by atoms with van der Waals surface area (Å²) in [6.07, 6.45) is 1.81. The first-order chi connectivity index (χ1) is 8.65. The lowest BCUT2D eigenvalue weighted by Crippen LogP contribution is -2.31. The molecule has 0 radical (unpaired) electrons. The molecule has 0 amide bonds. The van der Waals surface area contributed by atoms with Crippen LogP contribution in [-0.4, -0.2) is 22.1 Å². The third kappa shape index (κ3) is 2.36. The first kappa shape index (κ1) is 12.6. The normalized spacial score (nSPS) is 12.6. The molecule has 0 spiro atoms. The number of benzene rings is 1. The Hall–Kier alpha value is -1.86. The number of aryl methyl sites for hydroxylation is 2. The summed E-state index contributed by atoms with van der Waals surface area (Å²) in [6, 6.07) is 6.33. The Bertz CT molecular complexity index is 592. The predicted molar refractivity (Wildman–Crippen MR) is 72.3 cm³/mol. The van der Waals surface area contributed by atoms with Gasteiger partial charge in [-0.2, -0.15) is 5.26 Å². The molecule has 0 fully saturated rings. The molecule has 0 aliphatic rings. The number of hydrogen-bond acceptors (Lipinski definition) is 3. The number of nitrogens with one attached hydrogen (secondary N) is 1. The summed E-state index contributed by atoms with van der Waals surface area (Å²) in [5.41, 5.74) is 4.58. The Morgan fingerprint density at radius 2 is 2.11 bits per heavy atom. The van der Waals surface area contributed by atoms with Crippen LogP contribution >= 0.6 is 0 Å². The van der Waals surface area contributed by atoms with Gasteiger partial charge in [0.2, 0.25) is 0 Å². The second-order valence-electron chi connectivity index (χ2n) is 4.56. The van der Waals surface area contributed by atoms with E-state index in [1.807, 2.05) is 17.8 Å². The topological polar surface area (TPSA) is 53.6 Å². The van der Waals surface area contributed by atoms with Gasteiger partial charge < -0.3 is 9.88 Å². The first-order valence-electron chi connectivity index (χ1n) is 6.20. The van der Waals surface area contributed by atoms with E-state index in [-0.39, 0.29) is 6.04 Å². The van der Waals surface area contributed by atoms with Crippen molar-refractivity contribution in [2.75, 3.05) is 6.54 Å². The number of nitriles is 1. The monoisotopic (exact) mass is 242 g/mol. The molecule has 0 aliphatic carbocycles. The zero-order valence-corrected chi connectivity index (χ0v) is 11.1. The molecule has 2 rings (SSSR count). The fourth-order valence-electron chi connectivity index (χ4n) is 2.05. The molecule has 0 saturated carbocycles. The highest BCUT2D eigenvalue weighted by atomic mass is 15.1. The van der Waals surface area contributed by atoms with Crippen LogP contribution < -0.4 is 5.32 Å². The minimum absolute atomic E-state index is 0.172. The van der Waals surface area contributed by atoms with Gasteiger partial charge in [0.05, 0.1) is 30.0 Å². The Balaban J connectivity index is 2.35. The van der Waals surface area contributed by atoms with Gasteiger partial charge in [-0.25, -0.2) is 4.98 Å².